The molecule has 0 aromatic heterocycles. The van der Waals surface area contributed by atoms with E-state index in [1.807, 2.05) is 0 Å². The van der Waals surface area contributed by atoms with Gasteiger partial charge in [-0.05, 0) is 12.3 Å². The number of carbonyl (C=O) groups is 1. The fourth-order valence-electron chi connectivity index (χ4n) is 1.28. The first-order valence-corrected chi connectivity index (χ1v) is 4.50. The first-order chi connectivity index (χ1) is 6.90. The number of rotatable bonds is 3. The number of ether oxygens (including phenoxy) is 1. The summed E-state index contributed by atoms with van der Waals surface area (Å²) in [4.78, 5) is 15.2. The summed E-state index contributed by atoms with van der Waals surface area (Å²) in [6.07, 6.45) is -4.44. The largest absolute Gasteiger partial charge is 0.414 e. The Bertz CT molecular complexity index is 232. The van der Waals surface area contributed by atoms with Gasteiger partial charge in [0, 0.05) is 6.61 Å². The highest BCUT2D eigenvalue weighted by atomic mass is 19.4. The Labute approximate surface area is 84.7 Å². The number of carbonyl (C=O) groups excluding carboxylic acids is 1. The van der Waals surface area contributed by atoms with Gasteiger partial charge in [-0.3, -0.25) is 9.63 Å². The molecule has 0 saturated carbocycles. The van der Waals surface area contributed by atoms with Gasteiger partial charge in [-0.25, -0.2) is 5.48 Å². The summed E-state index contributed by atoms with van der Waals surface area (Å²) < 4.78 is 40.0. The number of halogens is 3. The van der Waals surface area contributed by atoms with Crippen LogP contribution in [0.2, 0.25) is 0 Å². The van der Waals surface area contributed by atoms with Crippen LogP contribution in [0.25, 0.3) is 0 Å². The highest BCUT2D eigenvalue weighted by Gasteiger charge is 2.32. The molecule has 4 nitrogen and oxygen atoms in total. The molecule has 1 saturated heterocycles. The Morgan fingerprint density at radius 2 is 2.27 bits per heavy atom. The van der Waals surface area contributed by atoms with E-state index >= 15 is 0 Å². The van der Waals surface area contributed by atoms with E-state index in [9.17, 15) is 18.0 Å². The molecule has 1 fully saturated rings. The fraction of sp³-hybridized carbons (Fsp3) is 0.875. The Morgan fingerprint density at radius 3 is 2.73 bits per heavy atom. The molecule has 0 spiro atoms. The normalized spacial score (nSPS) is 26.7. The van der Waals surface area contributed by atoms with Gasteiger partial charge in [-0.1, -0.05) is 6.92 Å². The van der Waals surface area contributed by atoms with Crippen molar-refractivity contribution in [3.05, 3.63) is 0 Å². The smallest absolute Gasteiger partial charge is 0.368 e. The molecule has 0 aromatic carbocycles. The van der Waals surface area contributed by atoms with Crippen LogP contribution in [-0.2, 0) is 14.4 Å². The number of nitrogens with one attached hydrogen (secondary N) is 1. The van der Waals surface area contributed by atoms with Crippen LogP contribution in [0.5, 0.6) is 0 Å². The number of alkyl halides is 3. The van der Waals surface area contributed by atoms with Crippen molar-refractivity contribution in [2.45, 2.75) is 25.6 Å². The molecule has 1 rings (SSSR count). The van der Waals surface area contributed by atoms with E-state index in [-0.39, 0.29) is 5.92 Å². The third-order valence-electron chi connectivity index (χ3n) is 2.05. The topological polar surface area (TPSA) is 47.6 Å². The molecule has 1 heterocycles. The minimum atomic E-state index is -4.45. The zero-order valence-electron chi connectivity index (χ0n) is 8.13. The molecule has 1 aliphatic rings. The van der Waals surface area contributed by atoms with Crippen molar-refractivity contribution in [2.75, 3.05) is 13.2 Å². The average molecular weight is 227 g/mol. The van der Waals surface area contributed by atoms with E-state index in [1.54, 1.807) is 12.4 Å². The van der Waals surface area contributed by atoms with E-state index in [4.69, 9.17) is 4.74 Å². The van der Waals surface area contributed by atoms with Crippen LogP contribution in [-0.4, -0.2) is 31.4 Å². The van der Waals surface area contributed by atoms with Gasteiger partial charge in [-0.2, -0.15) is 13.2 Å². The number of hydrogen-bond donors (Lipinski definition) is 1. The van der Waals surface area contributed by atoms with E-state index in [1.165, 1.54) is 0 Å². The van der Waals surface area contributed by atoms with Gasteiger partial charge in [-0.15, -0.1) is 0 Å². The summed E-state index contributed by atoms with van der Waals surface area (Å²) in [5, 5.41) is 0. The van der Waals surface area contributed by atoms with Crippen LogP contribution in [0, 0.1) is 5.92 Å². The van der Waals surface area contributed by atoms with Gasteiger partial charge >= 0.3 is 6.18 Å². The second-order valence-corrected chi connectivity index (χ2v) is 3.43. The molecule has 1 amide bonds. The molecular formula is C8H12F3NO3. The lowest BCUT2D eigenvalue weighted by Gasteiger charge is -2.14. The zero-order valence-corrected chi connectivity index (χ0v) is 8.13. The van der Waals surface area contributed by atoms with Crippen LogP contribution in [0.15, 0.2) is 0 Å². The summed E-state index contributed by atoms with van der Waals surface area (Å²) >= 11 is 0. The van der Waals surface area contributed by atoms with Crippen LogP contribution in [0.3, 0.4) is 0 Å². The summed E-state index contributed by atoms with van der Waals surface area (Å²) in [5.74, 6) is -0.663. The van der Waals surface area contributed by atoms with Crippen molar-refractivity contribution in [2.24, 2.45) is 5.92 Å². The predicted octanol–water partition coefficient (Wildman–Crippen LogP) is 1.02. The van der Waals surface area contributed by atoms with Crippen LogP contribution in [0.4, 0.5) is 13.2 Å². The van der Waals surface area contributed by atoms with Gasteiger partial charge < -0.3 is 4.74 Å². The monoisotopic (exact) mass is 227 g/mol. The quantitative estimate of drug-likeness (QED) is 0.732. The van der Waals surface area contributed by atoms with Crippen molar-refractivity contribution in [1.82, 2.24) is 5.48 Å². The minimum Gasteiger partial charge on any atom is -0.368 e. The lowest BCUT2D eigenvalue weighted by molar-refractivity contribution is -0.194. The maximum Gasteiger partial charge on any atom is 0.414 e. The Hall–Kier alpha value is -0.820. The number of hydrogen-bond acceptors (Lipinski definition) is 3. The fourth-order valence-corrected chi connectivity index (χ4v) is 1.28. The Kier molecular flexibility index (Phi) is 3.92. The molecule has 1 aliphatic heterocycles. The average Bonchev–Trinajstić information content (AvgIpc) is 2.48. The minimum absolute atomic E-state index is 0.000475. The Morgan fingerprint density at radius 1 is 1.60 bits per heavy atom. The third kappa shape index (κ3) is 4.05. The van der Waals surface area contributed by atoms with Gasteiger partial charge in [0.25, 0.3) is 5.91 Å². The van der Waals surface area contributed by atoms with Crippen molar-refractivity contribution >= 4 is 5.91 Å². The van der Waals surface area contributed by atoms with E-state index < -0.39 is 24.8 Å². The first kappa shape index (κ1) is 12.3. The number of hydroxylamine groups is 1. The van der Waals surface area contributed by atoms with Gasteiger partial charge in [0.05, 0.1) is 0 Å². The van der Waals surface area contributed by atoms with E-state index in [0.717, 1.165) is 6.42 Å². The van der Waals surface area contributed by atoms with Crippen LogP contribution in [0.1, 0.15) is 13.3 Å². The lowest BCUT2D eigenvalue weighted by atomic mass is 10.0. The standard InChI is InChI=1S/C8H12F3NO3/c1-5-2-3-14-6(5)7(13)12-15-4-8(9,10)11/h5-6H,2-4H2,1H3,(H,12,13). The summed E-state index contributed by atoms with van der Waals surface area (Å²) in [7, 11) is 0. The van der Waals surface area contributed by atoms with Crippen LogP contribution >= 0.6 is 0 Å². The van der Waals surface area contributed by atoms with Crippen molar-refractivity contribution in [1.29, 1.82) is 0 Å². The third-order valence-corrected chi connectivity index (χ3v) is 2.05. The Balaban J connectivity index is 2.24. The van der Waals surface area contributed by atoms with Crippen molar-refractivity contribution < 1.29 is 27.5 Å². The second-order valence-electron chi connectivity index (χ2n) is 3.43. The predicted molar refractivity (Wildman–Crippen MR) is 43.7 cm³/mol. The maximum atomic E-state index is 11.7. The van der Waals surface area contributed by atoms with Gasteiger partial charge in [0.2, 0.25) is 0 Å². The van der Waals surface area contributed by atoms with Crippen molar-refractivity contribution in [3.63, 3.8) is 0 Å². The molecule has 15 heavy (non-hydrogen) atoms. The molecule has 0 radical (unpaired) electrons. The highest BCUT2D eigenvalue weighted by molar-refractivity contribution is 5.80. The van der Waals surface area contributed by atoms with E-state index in [0.29, 0.717) is 6.61 Å². The van der Waals surface area contributed by atoms with Crippen LogP contribution < -0.4 is 5.48 Å². The molecule has 0 aromatic rings. The molecular weight excluding hydrogens is 215 g/mol. The molecule has 2 unspecified atom stereocenters. The molecule has 0 bridgehead atoms. The number of amides is 1. The van der Waals surface area contributed by atoms with Gasteiger partial charge in [0.1, 0.15) is 6.10 Å². The van der Waals surface area contributed by atoms with E-state index in [2.05, 4.69) is 4.84 Å². The maximum absolute atomic E-state index is 11.7. The van der Waals surface area contributed by atoms with Crippen molar-refractivity contribution in [3.8, 4) is 0 Å². The summed E-state index contributed by atoms with van der Waals surface area (Å²) in [5.41, 5.74) is 1.73. The zero-order chi connectivity index (χ0) is 11.5. The van der Waals surface area contributed by atoms with Gasteiger partial charge in [0.15, 0.2) is 6.61 Å². The summed E-state index contributed by atoms with van der Waals surface area (Å²) in [6.45, 7) is 0.735. The lowest BCUT2D eigenvalue weighted by Crippen LogP contribution is -2.39. The first-order valence-electron chi connectivity index (χ1n) is 4.50. The summed E-state index contributed by atoms with van der Waals surface area (Å²) in [6, 6.07) is 0. The SMILES string of the molecule is CC1CCOC1C(=O)NOCC(F)(F)F. The molecule has 0 aliphatic carbocycles. The molecule has 88 valence electrons. The second kappa shape index (κ2) is 4.80. The highest BCUT2D eigenvalue weighted by Crippen LogP contribution is 2.20. The molecule has 7 heteroatoms. The molecule has 1 N–H and O–H groups in total. The molecule has 2 atom stereocenters.